The van der Waals surface area contributed by atoms with Gasteiger partial charge in [0.25, 0.3) is 0 Å². The molecule has 1 saturated heterocycles. The largest absolute Gasteiger partial charge is 0.495 e. The number of hydrogen-bond acceptors (Lipinski definition) is 4. The molecule has 4 rings (SSSR count). The second-order valence-corrected chi connectivity index (χ2v) is 6.95. The highest BCUT2D eigenvalue weighted by Gasteiger charge is 2.20. The summed E-state index contributed by atoms with van der Waals surface area (Å²) < 4.78 is 5.50. The number of para-hydroxylation sites is 2. The Morgan fingerprint density at radius 3 is 2.62 bits per heavy atom. The molecule has 0 spiro atoms. The third-order valence-corrected chi connectivity index (χ3v) is 5.32. The minimum atomic E-state index is 0.762. The van der Waals surface area contributed by atoms with Gasteiger partial charge in [0.15, 0.2) is 0 Å². The third kappa shape index (κ3) is 3.35. The summed E-state index contributed by atoms with van der Waals surface area (Å²) in [5.41, 5.74) is 3.41. The van der Waals surface area contributed by atoms with Gasteiger partial charge in [-0.2, -0.15) is 0 Å². The zero-order chi connectivity index (χ0) is 17.9. The van der Waals surface area contributed by atoms with Crippen LogP contribution in [-0.2, 0) is 6.54 Å². The standard InChI is InChI=1S/C21H22ClN3O/c1-26-20-7-3-2-6-19(20)25-13-11-24(12-14-25)15-16-8-9-18(22)17-5-4-10-23-21(16)17/h2-10H,11-15H2,1H3. The van der Waals surface area contributed by atoms with Crippen LogP contribution in [0.1, 0.15) is 5.56 Å². The molecular formula is C21H22ClN3O. The molecule has 1 fully saturated rings. The second kappa shape index (κ2) is 7.52. The molecular weight excluding hydrogens is 346 g/mol. The predicted molar refractivity (Wildman–Crippen MR) is 107 cm³/mol. The lowest BCUT2D eigenvalue weighted by Crippen LogP contribution is -2.46. The van der Waals surface area contributed by atoms with E-state index in [1.807, 2.05) is 36.5 Å². The lowest BCUT2D eigenvalue weighted by Gasteiger charge is -2.36. The zero-order valence-electron chi connectivity index (χ0n) is 14.9. The fourth-order valence-corrected chi connectivity index (χ4v) is 3.82. The van der Waals surface area contributed by atoms with Gasteiger partial charge >= 0.3 is 0 Å². The topological polar surface area (TPSA) is 28.6 Å². The van der Waals surface area contributed by atoms with Crippen LogP contribution in [0.3, 0.4) is 0 Å². The molecule has 0 N–H and O–H groups in total. The van der Waals surface area contributed by atoms with Crippen molar-refractivity contribution < 1.29 is 4.74 Å². The van der Waals surface area contributed by atoms with Crippen LogP contribution in [-0.4, -0.2) is 43.2 Å². The van der Waals surface area contributed by atoms with Crippen LogP contribution in [0, 0.1) is 0 Å². The minimum absolute atomic E-state index is 0.762. The summed E-state index contributed by atoms with van der Waals surface area (Å²) in [6, 6.07) is 16.3. The number of aromatic nitrogens is 1. The van der Waals surface area contributed by atoms with E-state index in [-0.39, 0.29) is 0 Å². The van der Waals surface area contributed by atoms with Gasteiger partial charge < -0.3 is 9.64 Å². The number of rotatable bonds is 4. The van der Waals surface area contributed by atoms with Crippen molar-refractivity contribution in [2.75, 3.05) is 38.2 Å². The van der Waals surface area contributed by atoms with Crippen molar-refractivity contribution in [3.8, 4) is 5.75 Å². The molecule has 1 aromatic heterocycles. The SMILES string of the molecule is COc1ccccc1N1CCN(Cc2ccc(Cl)c3cccnc23)CC1. The van der Waals surface area contributed by atoms with Crippen LogP contribution in [0.2, 0.25) is 5.02 Å². The average molecular weight is 368 g/mol. The van der Waals surface area contributed by atoms with Crippen LogP contribution >= 0.6 is 11.6 Å². The van der Waals surface area contributed by atoms with E-state index in [1.54, 1.807) is 7.11 Å². The highest BCUT2D eigenvalue weighted by molar-refractivity contribution is 6.35. The highest BCUT2D eigenvalue weighted by Crippen LogP contribution is 2.29. The van der Waals surface area contributed by atoms with Crippen molar-refractivity contribution in [3.05, 3.63) is 65.3 Å². The number of ether oxygens (including phenoxy) is 1. The molecule has 26 heavy (non-hydrogen) atoms. The first-order chi connectivity index (χ1) is 12.8. The average Bonchev–Trinajstić information content (AvgIpc) is 2.71. The van der Waals surface area contributed by atoms with Crippen LogP contribution in [0.5, 0.6) is 5.75 Å². The van der Waals surface area contributed by atoms with E-state index in [0.717, 1.165) is 54.4 Å². The first-order valence-electron chi connectivity index (χ1n) is 8.88. The zero-order valence-corrected chi connectivity index (χ0v) is 15.6. The quantitative estimate of drug-likeness (QED) is 0.690. The van der Waals surface area contributed by atoms with E-state index in [2.05, 4.69) is 33.0 Å². The maximum atomic E-state index is 6.32. The number of hydrogen-bond donors (Lipinski definition) is 0. The number of piperazine rings is 1. The molecule has 0 bridgehead atoms. The van der Waals surface area contributed by atoms with Gasteiger partial charge in [0, 0.05) is 49.3 Å². The molecule has 0 aliphatic carbocycles. The fourth-order valence-electron chi connectivity index (χ4n) is 3.60. The Morgan fingerprint density at radius 1 is 1.00 bits per heavy atom. The van der Waals surface area contributed by atoms with E-state index < -0.39 is 0 Å². The summed E-state index contributed by atoms with van der Waals surface area (Å²) >= 11 is 6.32. The summed E-state index contributed by atoms with van der Waals surface area (Å²) in [7, 11) is 1.73. The van der Waals surface area contributed by atoms with Gasteiger partial charge in [-0.3, -0.25) is 9.88 Å². The van der Waals surface area contributed by atoms with Gasteiger partial charge in [0.1, 0.15) is 5.75 Å². The lowest BCUT2D eigenvalue weighted by molar-refractivity contribution is 0.250. The maximum absolute atomic E-state index is 6.32. The summed E-state index contributed by atoms with van der Waals surface area (Å²) in [6.07, 6.45) is 1.84. The Morgan fingerprint density at radius 2 is 1.81 bits per heavy atom. The van der Waals surface area contributed by atoms with Crippen LogP contribution in [0.25, 0.3) is 10.9 Å². The second-order valence-electron chi connectivity index (χ2n) is 6.54. The number of fused-ring (bicyclic) bond motifs is 1. The highest BCUT2D eigenvalue weighted by atomic mass is 35.5. The molecule has 0 saturated carbocycles. The van der Waals surface area contributed by atoms with Crippen molar-refractivity contribution in [1.29, 1.82) is 0 Å². The molecule has 0 unspecified atom stereocenters. The number of benzene rings is 2. The summed E-state index contributed by atoms with van der Waals surface area (Å²) in [5, 5.41) is 1.79. The summed E-state index contributed by atoms with van der Waals surface area (Å²) in [4.78, 5) is 9.43. The molecule has 3 aromatic rings. The molecule has 1 aliphatic heterocycles. The normalized spacial score (nSPS) is 15.4. The van der Waals surface area contributed by atoms with Gasteiger partial charge in [-0.15, -0.1) is 0 Å². The predicted octanol–water partition coefficient (Wildman–Crippen LogP) is 4.22. The molecule has 134 valence electrons. The number of methoxy groups -OCH3 is 1. The van der Waals surface area contributed by atoms with Gasteiger partial charge in [0.05, 0.1) is 18.3 Å². The molecule has 0 atom stereocenters. The molecule has 2 heterocycles. The van der Waals surface area contributed by atoms with Crippen molar-refractivity contribution in [1.82, 2.24) is 9.88 Å². The Bertz CT molecular complexity index is 907. The number of halogens is 1. The number of nitrogens with zero attached hydrogens (tertiary/aromatic N) is 3. The lowest BCUT2D eigenvalue weighted by atomic mass is 10.1. The Labute approximate surface area is 159 Å². The van der Waals surface area contributed by atoms with Crippen molar-refractivity contribution in [2.45, 2.75) is 6.54 Å². The molecule has 0 amide bonds. The Hall–Kier alpha value is -2.30. The molecule has 1 aliphatic rings. The van der Waals surface area contributed by atoms with Crippen molar-refractivity contribution >= 4 is 28.2 Å². The molecule has 2 aromatic carbocycles. The van der Waals surface area contributed by atoms with Gasteiger partial charge in [-0.1, -0.05) is 29.8 Å². The van der Waals surface area contributed by atoms with E-state index in [4.69, 9.17) is 16.3 Å². The van der Waals surface area contributed by atoms with Crippen LogP contribution < -0.4 is 9.64 Å². The monoisotopic (exact) mass is 367 g/mol. The molecule has 4 nitrogen and oxygen atoms in total. The van der Waals surface area contributed by atoms with Crippen molar-refractivity contribution in [2.24, 2.45) is 0 Å². The first-order valence-corrected chi connectivity index (χ1v) is 9.26. The van der Waals surface area contributed by atoms with E-state index in [1.165, 1.54) is 11.3 Å². The summed E-state index contributed by atoms with van der Waals surface area (Å²) in [6.45, 7) is 4.88. The van der Waals surface area contributed by atoms with E-state index >= 15 is 0 Å². The number of anilines is 1. The smallest absolute Gasteiger partial charge is 0.142 e. The van der Waals surface area contributed by atoms with Crippen LogP contribution in [0.15, 0.2) is 54.7 Å². The van der Waals surface area contributed by atoms with Crippen molar-refractivity contribution in [3.63, 3.8) is 0 Å². The molecule has 0 radical (unpaired) electrons. The number of pyridine rings is 1. The van der Waals surface area contributed by atoms with Crippen LogP contribution in [0.4, 0.5) is 5.69 Å². The third-order valence-electron chi connectivity index (χ3n) is 4.99. The minimum Gasteiger partial charge on any atom is -0.495 e. The fraction of sp³-hybridized carbons (Fsp3) is 0.286. The van der Waals surface area contributed by atoms with Gasteiger partial charge in [0.2, 0.25) is 0 Å². The van der Waals surface area contributed by atoms with E-state index in [0.29, 0.717) is 0 Å². The maximum Gasteiger partial charge on any atom is 0.142 e. The first kappa shape index (κ1) is 17.1. The van der Waals surface area contributed by atoms with Gasteiger partial charge in [-0.25, -0.2) is 0 Å². The molecule has 5 heteroatoms. The Kier molecular flexibility index (Phi) is 4.96. The van der Waals surface area contributed by atoms with E-state index in [9.17, 15) is 0 Å². The summed E-state index contributed by atoms with van der Waals surface area (Å²) in [5.74, 6) is 0.939. The Balaban J connectivity index is 1.47. The van der Waals surface area contributed by atoms with Gasteiger partial charge in [-0.05, 0) is 35.9 Å².